The number of aliphatic imine (C=N–C) groups is 1. The molecule has 3 N–H and O–H groups in total. The van der Waals surface area contributed by atoms with Crippen molar-refractivity contribution in [2.75, 3.05) is 6.54 Å². The first-order chi connectivity index (χ1) is 14.1. The third kappa shape index (κ3) is 3.10. The molecule has 0 bridgehead atoms. The van der Waals surface area contributed by atoms with Gasteiger partial charge in [0.05, 0.1) is 5.69 Å². The third-order valence-corrected chi connectivity index (χ3v) is 5.85. The van der Waals surface area contributed by atoms with Gasteiger partial charge in [0, 0.05) is 34.9 Å². The lowest BCUT2D eigenvalue weighted by Gasteiger charge is -2.28. The molecular weight excluding hydrogens is 366 g/mol. The number of aromatic hydroxyl groups is 2. The Labute approximate surface area is 167 Å². The van der Waals surface area contributed by atoms with E-state index in [4.69, 9.17) is 9.98 Å². The molecule has 5 rings (SSSR count). The van der Waals surface area contributed by atoms with E-state index in [2.05, 4.69) is 4.98 Å². The van der Waals surface area contributed by atoms with Gasteiger partial charge < -0.3 is 15.2 Å². The van der Waals surface area contributed by atoms with Crippen LogP contribution in [0.25, 0.3) is 11.4 Å². The van der Waals surface area contributed by atoms with Crippen LogP contribution in [-0.4, -0.2) is 32.4 Å². The van der Waals surface area contributed by atoms with Crippen LogP contribution in [0.3, 0.4) is 0 Å². The molecule has 1 atom stereocenters. The highest BCUT2D eigenvalue weighted by molar-refractivity contribution is 6.05. The van der Waals surface area contributed by atoms with Crippen LogP contribution in [0.1, 0.15) is 28.8 Å². The summed E-state index contributed by atoms with van der Waals surface area (Å²) in [5, 5.41) is 19.8. The van der Waals surface area contributed by atoms with E-state index in [9.17, 15) is 15.0 Å². The number of H-pyrrole nitrogens is 1. The highest BCUT2D eigenvalue weighted by atomic mass is 16.3. The predicted molar refractivity (Wildman–Crippen MR) is 111 cm³/mol. The molecule has 6 heteroatoms. The highest BCUT2D eigenvalue weighted by Crippen LogP contribution is 2.35. The summed E-state index contributed by atoms with van der Waals surface area (Å²) in [4.78, 5) is 25.2. The van der Waals surface area contributed by atoms with Gasteiger partial charge in [0.15, 0.2) is 11.5 Å². The van der Waals surface area contributed by atoms with Crippen LogP contribution in [0, 0.1) is 5.92 Å². The van der Waals surface area contributed by atoms with Gasteiger partial charge in [-0.25, -0.2) is 4.98 Å². The fourth-order valence-electron chi connectivity index (χ4n) is 4.38. The topological polar surface area (TPSA) is 98.6 Å². The van der Waals surface area contributed by atoms with E-state index in [0.717, 1.165) is 46.5 Å². The standard InChI is InChI=1S/C23H21N3O3/c27-19-11-14-8-9-24-21(16(14)12-20(19)28)15-6-7-18-17(10-15)23(29)26-22(25-18)13-4-2-1-3-5-13/h1-5,11-12,15,27-28H,6-10H2,(H,25,26,29). The van der Waals surface area contributed by atoms with Gasteiger partial charge in [0.1, 0.15) is 5.82 Å². The summed E-state index contributed by atoms with van der Waals surface area (Å²) in [5.41, 5.74) is 5.17. The number of hydrogen-bond donors (Lipinski definition) is 3. The maximum absolute atomic E-state index is 12.8. The third-order valence-electron chi connectivity index (χ3n) is 5.85. The molecule has 2 aliphatic rings. The first-order valence-corrected chi connectivity index (χ1v) is 9.87. The van der Waals surface area contributed by atoms with E-state index in [1.165, 1.54) is 0 Å². The van der Waals surface area contributed by atoms with E-state index >= 15 is 0 Å². The Kier molecular flexibility index (Phi) is 4.19. The van der Waals surface area contributed by atoms with Crippen LogP contribution < -0.4 is 5.56 Å². The molecule has 0 spiro atoms. The number of hydrogen-bond acceptors (Lipinski definition) is 5. The van der Waals surface area contributed by atoms with Gasteiger partial charge in [-0.1, -0.05) is 30.3 Å². The Morgan fingerprint density at radius 3 is 2.66 bits per heavy atom. The average Bonchev–Trinajstić information content (AvgIpc) is 2.74. The number of aryl methyl sites for hydroxylation is 1. The molecule has 0 saturated carbocycles. The van der Waals surface area contributed by atoms with Gasteiger partial charge in [-0.15, -0.1) is 0 Å². The number of rotatable bonds is 2. The summed E-state index contributed by atoms with van der Waals surface area (Å²) >= 11 is 0. The lowest BCUT2D eigenvalue weighted by molar-refractivity contribution is 0.403. The number of nitrogens with zero attached hydrogens (tertiary/aromatic N) is 2. The maximum atomic E-state index is 12.8. The Bertz CT molecular complexity index is 1180. The minimum absolute atomic E-state index is 0.0935. The first kappa shape index (κ1) is 17.7. The maximum Gasteiger partial charge on any atom is 0.254 e. The number of aromatic amines is 1. The van der Waals surface area contributed by atoms with Crippen LogP contribution in [0.15, 0.2) is 52.3 Å². The lowest BCUT2D eigenvalue weighted by atomic mass is 9.79. The summed E-state index contributed by atoms with van der Waals surface area (Å²) in [5.74, 6) is 0.458. The van der Waals surface area contributed by atoms with Crippen molar-refractivity contribution in [3.63, 3.8) is 0 Å². The lowest BCUT2D eigenvalue weighted by Crippen LogP contribution is -2.32. The minimum Gasteiger partial charge on any atom is -0.504 e. The average molecular weight is 387 g/mol. The minimum atomic E-state index is -0.137. The zero-order valence-corrected chi connectivity index (χ0v) is 15.9. The molecule has 146 valence electrons. The van der Waals surface area contributed by atoms with Crippen molar-refractivity contribution in [3.8, 4) is 22.9 Å². The number of phenols is 2. The molecule has 3 aromatic rings. The second-order valence-corrected chi connectivity index (χ2v) is 7.66. The van der Waals surface area contributed by atoms with Crippen LogP contribution in [-0.2, 0) is 19.3 Å². The summed E-state index contributed by atoms with van der Waals surface area (Å²) in [6, 6.07) is 12.9. The van der Waals surface area contributed by atoms with Crippen molar-refractivity contribution in [2.45, 2.75) is 25.7 Å². The molecule has 29 heavy (non-hydrogen) atoms. The largest absolute Gasteiger partial charge is 0.504 e. The van der Waals surface area contributed by atoms with E-state index in [0.29, 0.717) is 25.2 Å². The van der Waals surface area contributed by atoms with E-state index in [1.807, 2.05) is 30.3 Å². The molecule has 0 radical (unpaired) electrons. The van der Waals surface area contributed by atoms with Crippen molar-refractivity contribution in [2.24, 2.45) is 10.9 Å². The number of aromatic nitrogens is 2. The Morgan fingerprint density at radius 1 is 1.03 bits per heavy atom. The monoisotopic (exact) mass is 387 g/mol. The molecule has 0 fully saturated rings. The molecule has 1 aromatic heterocycles. The summed E-state index contributed by atoms with van der Waals surface area (Å²) in [6.45, 7) is 0.650. The van der Waals surface area contributed by atoms with Gasteiger partial charge in [-0.3, -0.25) is 9.79 Å². The van der Waals surface area contributed by atoms with Gasteiger partial charge in [0.25, 0.3) is 5.56 Å². The van der Waals surface area contributed by atoms with Crippen molar-refractivity contribution >= 4 is 5.71 Å². The zero-order valence-electron chi connectivity index (χ0n) is 15.9. The Morgan fingerprint density at radius 2 is 1.83 bits per heavy atom. The zero-order chi connectivity index (χ0) is 20.0. The molecule has 1 aliphatic carbocycles. The fraction of sp³-hybridized carbons (Fsp3) is 0.261. The molecule has 0 saturated heterocycles. The van der Waals surface area contributed by atoms with E-state index in [1.54, 1.807) is 12.1 Å². The van der Waals surface area contributed by atoms with E-state index < -0.39 is 0 Å². The quantitative estimate of drug-likeness (QED) is 0.589. The van der Waals surface area contributed by atoms with Crippen LogP contribution in [0.4, 0.5) is 0 Å². The molecule has 1 unspecified atom stereocenters. The second kappa shape index (κ2) is 6.88. The van der Waals surface area contributed by atoms with Crippen LogP contribution in [0.2, 0.25) is 0 Å². The molecule has 2 aromatic carbocycles. The summed E-state index contributed by atoms with van der Waals surface area (Å²) < 4.78 is 0. The number of benzene rings is 2. The number of phenolic OH excluding ortho intramolecular Hbond substituents is 2. The first-order valence-electron chi connectivity index (χ1n) is 9.87. The molecule has 6 nitrogen and oxygen atoms in total. The van der Waals surface area contributed by atoms with Crippen molar-refractivity contribution < 1.29 is 10.2 Å². The van der Waals surface area contributed by atoms with Crippen molar-refractivity contribution in [1.82, 2.24) is 9.97 Å². The van der Waals surface area contributed by atoms with Gasteiger partial charge >= 0.3 is 0 Å². The van der Waals surface area contributed by atoms with Crippen molar-refractivity contribution in [3.05, 3.63) is 75.2 Å². The second-order valence-electron chi connectivity index (χ2n) is 7.66. The SMILES string of the molecule is O=c1[nH]c(-c2ccccc2)nc2c1CC(C1=NCCc3cc(O)c(O)cc31)CC2. The summed E-state index contributed by atoms with van der Waals surface area (Å²) in [6.07, 6.45) is 2.87. The molecular formula is C23H21N3O3. The number of fused-ring (bicyclic) bond motifs is 2. The summed E-state index contributed by atoms with van der Waals surface area (Å²) in [7, 11) is 0. The molecule has 1 aliphatic heterocycles. The van der Waals surface area contributed by atoms with Gasteiger partial charge in [-0.2, -0.15) is 0 Å². The van der Waals surface area contributed by atoms with E-state index in [-0.39, 0.29) is 23.0 Å². The predicted octanol–water partition coefficient (Wildman–Crippen LogP) is 3.00. The Balaban J connectivity index is 1.49. The smallest absolute Gasteiger partial charge is 0.254 e. The molecule has 0 amide bonds. The van der Waals surface area contributed by atoms with Crippen molar-refractivity contribution in [1.29, 1.82) is 0 Å². The van der Waals surface area contributed by atoms with Crippen LogP contribution >= 0.6 is 0 Å². The Hall–Kier alpha value is -3.41. The van der Waals surface area contributed by atoms with Gasteiger partial charge in [0.2, 0.25) is 0 Å². The normalized spacial score (nSPS) is 17.9. The number of nitrogens with one attached hydrogen (secondary N) is 1. The molecule has 2 heterocycles. The van der Waals surface area contributed by atoms with Crippen LogP contribution in [0.5, 0.6) is 11.5 Å². The van der Waals surface area contributed by atoms with Gasteiger partial charge in [-0.05, 0) is 43.4 Å². The fourth-order valence-corrected chi connectivity index (χ4v) is 4.38. The highest BCUT2D eigenvalue weighted by Gasteiger charge is 2.30.